The fourth-order valence-corrected chi connectivity index (χ4v) is 2.81. The Hall–Kier alpha value is -2.73. The van der Waals surface area contributed by atoms with Crippen LogP contribution < -0.4 is 11.1 Å². The van der Waals surface area contributed by atoms with Crippen molar-refractivity contribution in [2.45, 2.75) is 25.4 Å². The van der Waals surface area contributed by atoms with Crippen LogP contribution in [0, 0.1) is 5.82 Å². The van der Waals surface area contributed by atoms with E-state index in [0.717, 1.165) is 16.6 Å². The van der Waals surface area contributed by atoms with Crippen LogP contribution in [0.25, 0.3) is 11.0 Å². The van der Waals surface area contributed by atoms with E-state index in [1.807, 2.05) is 28.8 Å². The van der Waals surface area contributed by atoms with Crippen LogP contribution in [0.5, 0.6) is 0 Å². The van der Waals surface area contributed by atoms with E-state index in [-0.39, 0.29) is 17.8 Å². The Labute approximate surface area is 145 Å². The summed E-state index contributed by atoms with van der Waals surface area (Å²) in [5.41, 5.74) is 8.21. The highest BCUT2D eigenvalue weighted by Crippen LogP contribution is 2.20. The van der Waals surface area contributed by atoms with Crippen LogP contribution in [-0.4, -0.2) is 22.0 Å². The number of aromatic nitrogens is 2. The highest BCUT2D eigenvalue weighted by molar-refractivity contribution is 5.77. The Balaban J connectivity index is 1.85. The fraction of sp³-hybridized carbons (Fsp3) is 0.263. The average molecular weight is 340 g/mol. The molecule has 25 heavy (non-hydrogen) atoms. The fourth-order valence-electron chi connectivity index (χ4n) is 2.81. The van der Waals surface area contributed by atoms with Crippen molar-refractivity contribution >= 4 is 16.9 Å². The largest absolute Gasteiger partial charge is 0.347 e. The number of carbonyl (C=O) groups is 1. The maximum atomic E-state index is 13.2. The molecule has 0 aliphatic heterocycles. The van der Waals surface area contributed by atoms with Crippen molar-refractivity contribution in [1.29, 1.82) is 0 Å². The van der Waals surface area contributed by atoms with E-state index in [9.17, 15) is 9.18 Å². The van der Waals surface area contributed by atoms with Gasteiger partial charge in [0, 0.05) is 13.0 Å². The number of rotatable bonds is 7. The van der Waals surface area contributed by atoms with Gasteiger partial charge in [0.15, 0.2) is 0 Å². The van der Waals surface area contributed by atoms with Crippen molar-refractivity contribution < 1.29 is 9.18 Å². The number of carbonyl (C=O) groups excluding carboxylic acids is 1. The molecule has 1 amide bonds. The molecule has 1 atom stereocenters. The van der Waals surface area contributed by atoms with Gasteiger partial charge in [-0.3, -0.25) is 4.79 Å². The molecular weight excluding hydrogens is 319 g/mol. The number of nitrogens with zero attached hydrogens (tertiary/aromatic N) is 2. The summed E-state index contributed by atoms with van der Waals surface area (Å²) in [6.45, 7) is 0.987. The summed E-state index contributed by atoms with van der Waals surface area (Å²) < 4.78 is 15.2. The molecular formula is C19H21FN4O. The van der Waals surface area contributed by atoms with E-state index in [2.05, 4.69) is 10.3 Å². The summed E-state index contributed by atoms with van der Waals surface area (Å²) in [7, 11) is 0. The SMILES string of the molecule is NCCCC(=O)NC(Cn1cnc2ccccc21)c1ccc(F)cc1. The Morgan fingerprint density at radius 2 is 1.96 bits per heavy atom. The Morgan fingerprint density at radius 1 is 1.20 bits per heavy atom. The van der Waals surface area contributed by atoms with Crippen LogP contribution in [0.4, 0.5) is 4.39 Å². The highest BCUT2D eigenvalue weighted by Gasteiger charge is 2.16. The van der Waals surface area contributed by atoms with Gasteiger partial charge >= 0.3 is 0 Å². The van der Waals surface area contributed by atoms with E-state index >= 15 is 0 Å². The lowest BCUT2D eigenvalue weighted by Crippen LogP contribution is -2.31. The van der Waals surface area contributed by atoms with Gasteiger partial charge in [0.25, 0.3) is 0 Å². The van der Waals surface area contributed by atoms with Gasteiger partial charge in [0.2, 0.25) is 5.91 Å². The van der Waals surface area contributed by atoms with Gasteiger partial charge in [-0.1, -0.05) is 24.3 Å². The van der Waals surface area contributed by atoms with Crippen LogP contribution >= 0.6 is 0 Å². The van der Waals surface area contributed by atoms with Crippen molar-refractivity contribution in [1.82, 2.24) is 14.9 Å². The van der Waals surface area contributed by atoms with Crippen molar-refractivity contribution in [2.24, 2.45) is 5.73 Å². The second kappa shape index (κ2) is 7.90. The molecule has 1 heterocycles. The Bertz CT molecular complexity index is 844. The minimum absolute atomic E-state index is 0.0656. The van der Waals surface area contributed by atoms with Crippen molar-refractivity contribution in [3.63, 3.8) is 0 Å². The predicted molar refractivity (Wildman–Crippen MR) is 95.3 cm³/mol. The molecule has 0 radical (unpaired) electrons. The molecule has 130 valence electrons. The molecule has 0 aliphatic rings. The van der Waals surface area contributed by atoms with Crippen molar-refractivity contribution in [2.75, 3.05) is 6.54 Å². The molecule has 0 bridgehead atoms. The molecule has 6 heteroatoms. The van der Waals surface area contributed by atoms with Gasteiger partial charge in [-0.25, -0.2) is 9.37 Å². The molecule has 3 aromatic rings. The number of para-hydroxylation sites is 2. The molecule has 3 N–H and O–H groups in total. The molecule has 0 spiro atoms. The highest BCUT2D eigenvalue weighted by atomic mass is 19.1. The van der Waals surface area contributed by atoms with Gasteiger partial charge in [-0.2, -0.15) is 0 Å². The maximum Gasteiger partial charge on any atom is 0.220 e. The number of fused-ring (bicyclic) bond motifs is 1. The van der Waals surface area contributed by atoms with Crippen molar-refractivity contribution in [3.8, 4) is 0 Å². The second-order valence-corrected chi connectivity index (χ2v) is 5.95. The third-order valence-corrected chi connectivity index (χ3v) is 4.12. The first kappa shape index (κ1) is 17.1. The normalized spacial score (nSPS) is 12.2. The quantitative estimate of drug-likeness (QED) is 0.695. The number of halogens is 1. The first-order valence-corrected chi connectivity index (χ1v) is 8.32. The summed E-state index contributed by atoms with van der Waals surface area (Å²) in [6.07, 6.45) is 2.77. The summed E-state index contributed by atoms with van der Waals surface area (Å²) in [4.78, 5) is 16.6. The Kier molecular flexibility index (Phi) is 5.40. The molecule has 2 aromatic carbocycles. The number of nitrogens with two attached hydrogens (primary N) is 1. The standard InChI is InChI=1S/C19H21FN4O/c20-15-9-7-14(8-10-15)17(23-19(25)6-3-11-21)12-24-13-22-16-4-1-2-5-18(16)24/h1-2,4-5,7-10,13,17H,3,6,11-12,21H2,(H,23,25). The molecule has 1 aromatic heterocycles. The number of imidazole rings is 1. The summed E-state index contributed by atoms with van der Waals surface area (Å²) in [5, 5.41) is 3.03. The van der Waals surface area contributed by atoms with E-state index in [0.29, 0.717) is 25.9 Å². The van der Waals surface area contributed by atoms with Crippen molar-refractivity contribution in [3.05, 3.63) is 66.2 Å². The van der Waals surface area contributed by atoms with E-state index < -0.39 is 0 Å². The molecule has 0 fully saturated rings. The number of nitrogens with one attached hydrogen (secondary N) is 1. The minimum Gasteiger partial charge on any atom is -0.347 e. The van der Waals surface area contributed by atoms with Crippen LogP contribution in [0.15, 0.2) is 54.9 Å². The zero-order valence-electron chi connectivity index (χ0n) is 13.9. The third kappa shape index (κ3) is 4.22. The van der Waals surface area contributed by atoms with Crippen LogP contribution in [0.3, 0.4) is 0 Å². The minimum atomic E-state index is -0.301. The lowest BCUT2D eigenvalue weighted by molar-refractivity contribution is -0.122. The summed E-state index contributed by atoms with van der Waals surface area (Å²) >= 11 is 0. The smallest absolute Gasteiger partial charge is 0.220 e. The maximum absolute atomic E-state index is 13.2. The molecule has 1 unspecified atom stereocenters. The summed E-state index contributed by atoms with van der Waals surface area (Å²) in [6, 6.07) is 13.7. The lowest BCUT2D eigenvalue weighted by Gasteiger charge is -2.20. The molecule has 3 rings (SSSR count). The van der Waals surface area contributed by atoms with E-state index in [1.165, 1.54) is 12.1 Å². The molecule has 5 nitrogen and oxygen atoms in total. The molecule has 0 saturated heterocycles. The van der Waals surface area contributed by atoms with Crippen LogP contribution in [-0.2, 0) is 11.3 Å². The van der Waals surface area contributed by atoms with Gasteiger partial charge in [-0.15, -0.1) is 0 Å². The van der Waals surface area contributed by atoms with Gasteiger partial charge in [-0.05, 0) is 42.8 Å². The number of amides is 1. The first-order chi connectivity index (χ1) is 12.2. The van der Waals surface area contributed by atoms with Crippen LogP contribution in [0.1, 0.15) is 24.4 Å². The molecule has 0 aliphatic carbocycles. The Morgan fingerprint density at radius 3 is 2.72 bits per heavy atom. The predicted octanol–water partition coefficient (Wildman–Crippen LogP) is 2.77. The first-order valence-electron chi connectivity index (χ1n) is 8.32. The van der Waals surface area contributed by atoms with Crippen LogP contribution in [0.2, 0.25) is 0 Å². The lowest BCUT2D eigenvalue weighted by atomic mass is 10.1. The van der Waals surface area contributed by atoms with E-state index in [4.69, 9.17) is 5.73 Å². The monoisotopic (exact) mass is 340 g/mol. The summed E-state index contributed by atoms with van der Waals surface area (Å²) in [5.74, 6) is -0.366. The van der Waals surface area contributed by atoms with Gasteiger partial charge < -0.3 is 15.6 Å². The topological polar surface area (TPSA) is 72.9 Å². The number of benzene rings is 2. The zero-order valence-corrected chi connectivity index (χ0v) is 13.9. The third-order valence-electron chi connectivity index (χ3n) is 4.12. The number of hydrogen-bond acceptors (Lipinski definition) is 3. The number of hydrogen-bond donors (Lipinski definition) is 2. The van der Waals surface area contributed by atoms with E-state index in [1.54, 1.807) is 18.5 Å². The average Bonchev–Trinajstić information content (AvgIpc) is 3.03. The zero-order chi connectivity index (χ0) is 17.6. The second-order valence-electron chi connectivity index (χ2n) is 5.95. The van der Waals surface area contributed by atoms with Gasteiger partial charge in [0.1, 0.15) is 5.82 Å². The van der Waals surface area contributed by atoms with Gasteiger partial charge in [0.05, 0.1) is 23.4 Å². The molecule has 0 saturated carbocycles.